The van der Waals surface area contributed by atoms with Gasteiger partial charge in [-0.05, 0) is 149 Å². The molecule has 1 aromatic heterocycles. The molecule has 0 saturated heterocycles. The zero-order valence-corrected chi connectivity index (χ0v) is 38.6. The second-order valence-corrected chi connectivity index (χ2v) is 20.3. The van der Waals surface area contributed by atoms with Crippen molar-refractivity contribution in [2.75, 3.05) is 24.7 Å². The van der Waals surface area contributed by atoms with Crippen molar-refractivity contribution >= 4 is 84.8 Å². The fourth-order valence-corrected chi connectivity index (χ4v) is 14.1. The van der Waals surface area contributed by atoms with Crippen molar-refractivity contribution in [1.29, 1.82) is 0 Å². The van der Waals surface area contributed by atoms with E-state index in [1.165, 1.54) is 86.9 Å². The number of benzene rings is 9. The first-order valence-corrected chi connectivity index (χ1v) is 24.6. The summed E-state index contributed by atoms with van der Waals surface area (Å²) < 4.78 is 20.3. The Labute approximate surface area is 375 Å². The van der Waals surface area contributed by atoms with Gasteiger partial charge < -0.3 is 18.2 Å². The lowest BCUT2D eigenvalue weighted by Crippen LogP contribution is -2.56. The summed E-state index contributed by atoms with van der Waals surface area (Å²) in [5.41, 5.74) is 13.1. The number of hydrogen-bond donors (Lipinski definition) is 0. The maximum absolute atomic E-state index is 6.39. The molecule has 0 spiro atoms. The first kappa shape index (κ1) is 40.9. The minimum absolute atomic E-state index is 0.533. The molecule has 0 aliphatic rings. The van der Waals surface area contributed by atoms with Crippen LogP contribution in [0.15, 0.2) is 164 Å². The van der Waals surface area contributed by atoms with Crippen molar-refractivity contribution < 1.29 is 13.3 Å². The molecule has 0 amide bonds. The van der Waals surface area contributed by atoms with Gasteiger partial charge in [0.05, 0.1) is 10.2 Å². The van der Waals surface area contributed by atoms with Gasteiger partial charge in [-0.25, -0.2) is 0 Å². The third-order valence-corrected chi connectivity index (χ3v) is 17.5. The zero-order valence-electron chi connectivity index (χ0n) is 36.8. The van der Waals surface area contributed by atoms with Crippen LogP contribution in [0.3, 0.4) is 0 Å². The second kappa shape index (κ2) is 16.9. The molecule has 0 N–H and O–H groups in total. The molecule has 1 heterocycles. The molecule has 63 heavy (non-hydrogen) atoms. The zero-order chi connectivity index (χ0) is 43.2. The number of fused-ring (bicyclic) bond motifs is 2. The third kappa shape index (κ3) is 7.22. The molecule has 10 rings (SSSR count). The molecule has 0 aliphatic heterocycles. The van der Waals surface area contributed by atoms with Crippen molar-refractivity contribution in [1.82, 2.24) is 0 Å². The highest BCUT2D eigenvalue weighted by atomic mass is 32.1. The van der Waals surface area contributed by atoms with Crippen LogP contribution in [0.1, 0.15) is 37.5 Å². The number of aryl methyl sites for hydroxylation is 3. The average molecular weight is 858 g/mol. The summed E-state index contributed by atoms with van der Waals surface area (Å²) in [6, 6.07) is 60.8. The largest absolute Gasteiger partial charge is 0.547 e. The van der Waals surface area contributed by atoms with Crippen LogP contribution < -0.4 is 9.40 Å². The van der Waals surface area contributed by atoms with Gasteiger partial charge in [-0.3, -0.25) is 0 Å². The Morgan fingerprint density at radius 1 is 0.444 bits per heavy atom. The summed E-state index contributed by atoms with van der Waals surface area (Å²) in [6.45, 7) is 14.1. The van der Waals surface area contributed by atoms with E-state index in [1.54, 1.807) is 11.3 Å². The summed E-state index contributed by atoms with van der Waals surface area (Å²) in [5.74, 6) is 0. The van der Waals surface area contributed by atoms with Crippen molar-refractivity contribution in [3.8, 4) is 32.7 Å². The number of thiophene rings is 1. The highest BCUT2D eigenvalue weighted by Gasteiger charge is 2.46. The Morgan fingerprint density at radius 3 is 1.35 bits per heavy atom. The van der Waals surface area contributed by atoms with Crippen LogP contribution in [0.2, 0.25) is 0 Å². The molecular weight excluding hydrogens is 807 g/mol. The van der Waals surface area contributed by atoms with E-state index in [1.807, 2.05) is 20.8 Å². The SMILES string of the molecule is CCO[Si](OCC)(OCC)c1sc(-c2ccc3c4ccc(N(c5ccc(-c6ccc(C)cc6)cc5)c5ccc(-c6ccc(C)cc6)cc5)c5cccc(c6cccc2c63)c54)cc1C. The molecule has 4 nitrogen and oxygen atoms in total. The Balaban J connectivity index is 1.14. The van der Waals surface area contributed by atoms with Crippen LogP contribution in [0.4, 0.5) is 17.1 Å². The van der Waals surface area contributed by atoms with E-state index in [4.69, 9.17) is 13.3 Å². The summed E-state index contributed by atoms with van der Waals surface area (Å²) in [5, 5.41) is 10.0. The van der Waals surface area contributed by atoms with E-state index in [9.17, 15) is 0 Å². The molecule has 0 aliphatic carbocycles. The molecule has 10 aromatic rings. The molecule has 9 aromatic carbocycles. The van der Waals surface area contributed by atoms with Crippen molar-refractivity contribution in [2.45, 2.75) is 41.5 Å². The molecule has 6 heteroatoms. The minimum atomic E-state index is -3.08. The van der Waals surface area contributed by atoms with Gasteiger partial charge in [-0.1, -0.05) is 139 Å². The lowest BCUT2D eigenvalue weighted by Gasteiger charge is -2.28. The van der Waals surface area contributed by atoms with Gasteiger partial charge in [0.1, 0.15) is 0 Å². The summed E-state index contributed by atoms with van der Waals surface area (Å²) in [4.78, 5) is 3.62. The Morgan fingerprint density at radius 2 is 0.857 bits per heavy atom. The minimum Gasteiger partial charge on any atom is -0.370 e. The number of anilines is 3. The van der Waals surface area contributed by atoms with Gasteiger partial charge in [0.15, 0.2) is 0 Å². The molecule has 0 saturated carbocycles. The van der Waals surface area contributed by atoms with Crippen LogP contribution in [0, 0.1) is 20.8 Å². The van der Waals surface area contributed by atoms with Crippen molar-refractivity contribution in [3.63, 3.8) is 0 Å². The molecule has 0 bridgehead atoms. The van der Waals surface area contributed by atoms with Gasteiger partial charge in [-0.15, -0.1) is 11.3 Å². The molecule has 312 valence electrons. The van der Waals surface area contributed by atoms with E-state index >= 15 is 0 Å². The van der Waals surface area contributed by atoms with Crippen LogP contribution in [-0.4, -0.2) is 28.6 Å². The maximum Gasteiger partial charge on any atom is 0.547 e. The number of hydrogen-bond acceptors (Lipinski definition) is 5. The number of nitrogens with zero attached hydrogens (tertiary/aromatic N) is 1. The van der Waals surface area contributed by atoms with E-state index < -0.39 is 8.80 Å². The van der Waals surface area contributed by atoms with Crippen LogP contribution in [0.25, 0.3) is 75.8 Å². The van der Waals surface area contributed by atoms with Crippen molar-refractivity contribution in [2.24, 2.45) is 0 Å². The van der Waals surface area contributed by atoms with Gasteiger partial charge in [0, 0.05) is 41.5 Å². The summed E-state index contributed by atoms with van der Waals surface area (Å²) >= 11 is 1.75. The monoisotopic (exact) mass is 857 g/mol. The van der Waals surface area contributed by atoms with Crippen molar-refractivity contribution in [3.05, 3.63) is 180 Å². The first-order valence-electron chi connectivity index (χ1n) is 22.1. The smallest absolute Gasteiger partial charge is 0.370 e. The Bertz CT molecular complexity index is 3100. The topological polar surface area (TPSA) is 30.9 Å². The highest BCUT2D eigenvalue weighted by Crippen LogP contribution is 2.48. The Hall–Kier alpha value is -6.12. The normalized spacial score (nSPS) is 12.0. The van der Waals surface area contributed by atoms with Gasteiger partial charge >= 0.3 is 8.80 Å². The fraction of sp³-hybridized carbons (Fsp3) is 0.158. The number of rotatable bonds is 13. The second-order valence-electron chi connectivity index (χ2n) is 16.4. The molecular formula is C57H51NO3SSi. The first-order chi connectivity index (χ1) is 30.8. The quantitative estimate of drug-likeness (QED) is 0.0657. The summed E-state index contributed by atoms with van der Waals surface area (Å²) in [7, 11) is -3.08. The maximum atomic E-state index is 6.39. The molecule has 0 atom stereocenters. The molecule has 0 unspecified atom stereocenters. The predicted octanol–water partition coefficient (Wildman–Crippen LogP) is 15.5. The van der Waals surface area contributed by atoms with Crippen LogP contribution >= 0.6 is 11.3 Å². The predicted molar refractivity (Wildman–Crippen MR) is 271 cm³/mol. The highest BCUT2D eigenvalue weighted by molar-refractivity contribution is 7.27. The third-order valence-electron chi connectivity index (χ3n) is 12.4. The van der Waals surface area contributed by atoms with E-state index in [0.29, 0.717) is 19.8 Å². The van der Waals surface area contributed by atoms with Gasteiger partial charge in [-0.2, -0.15) is 0 Å². The average Bonchev–Trinajstić information content (AvgIpc) is 3.71. The standard InChI is InChI=1S/C57H51NO3SSi/c1-7-59-63(60-8-2,61-9-3)57-39(6)36-54(62-57)46-32-33-50-51-34-35-53(52-15-11-14-49(56(51)52)48-13-10-12-47(46)55(48)50)58(44-28-24-42(25-29-44)40-20-16-37(4)17-21-40)45-30-26-43(27-31-45)41-22-18-38(5)19-23-41/h10-36H,7-9H2,1-6H3. The van der Waals surface area contributed by atoms with E-state index in [2.05, 4.69) is 189 Å². The van der Waals surface area contributed by atoms with Gasteiger partial charge in [0.2, 0.25) is 0 Å². The Kier molecular flexibility index (Phi) is 11.0. The molecule has 0 radical (unpaired) electrons. The fourth-order valence-electron chi connectivity index (χ4n) is 9.44. The van der Waals surface area contributed by atoms with Gasteiger partial charge in [0.25, 0.3) is 0 Å². The summed E-state index contributed by atoms with van der Waals surface area (Å²) in [6.07, 6.45) is 0. The lowest BCUT2D eigenvalue weighted by atomic mass is 9.87. The van der Waals surface area contributed by atoms with E-state index in [0.717, 1.165) is 27.1 Å². The lowest BCUT2D eigenvalue weighted by molar-refractivity contribution is 0.0865. The van der Waals surface area contributed by atoms with Crippen LogP contribution in [0.5, 0.6) is 0 Å². The van der Waals surface area contributed by atoms with Crippen LogP contribution in [-0.2, 0) is 13.3 Å². The van der Waals surface area contributed by atoms with E-state index in [-0.39, 0.29) is 0 Å². The molecule has 0 fully saturated rings.